The zero-order chi connectivity index (χ0) is 24.3. The average Bonchev–Trinajstić information content (AvgIpc) is 2.82. The Hall–Kier alpha value is -2.16. The van der Waals surface area contributed by atoms with Crippen LogP contribution in [0.1, 0.15) is 97.6 Å². The van der Waals surface area contributed by atoms with E-state index in [0.717, 1.165) is 32.1 Å². The standard InChI is InChI=1S/C23H34O2.2C2H6.CH2O/c1-4-5-11-20(2)12-10-19-25-23(24)14-9-7-6-8-13-22-17-15-21(3)16-18-22;3*1-2/h4-5,11,15-18H,6-10,12-14,19H2,1-3H3;2*1-2H3;1H2/b5-4-,20-11-;;;. The molecule has 0 saturated carbocycles. The number of unbranched alkanes of at least 4 members (excludes halogenated alkanes) is 3. The lowest BCUT2D eigenvalue weighted by molar-refractivity contribution is -0.143. The van der Waals surface area contributed by atoms with Crippen LogP contribution < -0.4 is 0 Å². The van der Waals surface area contributed by atoms with Crippen molar-refractivity contribution in [1.82, 2.24) is 0 Å². The molecule has 0 N–H and O–H groups in total. The Morgan fingerprint density at radius 2 is 1.48 bits per heavy atom. The maximum Gasteiger partial charge on any atom is 0.305 e. The van der Waals surface area contributed by atoms with E-state index in [4.69, 9.17) is 9.53 Å². The molecule has 0 aliphatic carbocycles. The van der Waals surface area contributed by atoms with Gasteiger partial charge in [0.1, 0.15) is 6.79 Å². The number of benzene rings is 1. The molecule has 0 radical (unpaired) electrons. The fourth-order valence-corrected chi connectivity index (χ4v) is 2.66. The Labute approximate surface area is 193 Å². The predicted octanol–water partition coefficient (Wildman–Crippen LogP) is 8.20. The lowest BCUT2D eigenvalue weighted by Gasteiger charge is -2.05. The minimum Gasteiger partial charge on any atom is -0.466 e. The first-order chi connectivity index (χ1) is 15.1. The largest absolute Gasteiger partial charge is 0.466 e. The van der Waals surface area contributed by atoms with Crippen LogP contribution in [0.5, 0.6) is 0 Å². The van der Waals surface area contributed by atoms with Crippen molar-refractivity contribution < 1.29 is 14.3 Å². The van der Waals surface area contributed by atoms with E-state index >= 15 is 0 Å². The molecule has 1 aromatic rings. The van der Waals surface area contributed by atoms with E-state index < -0.39 is 0 Å². The van der Waals surface area contributed by atoms with E-state index in [1.54, 1.807) is 0 Å². The average molecular weight is 433 g/mol. The topological polar surface area (TPSA) is 43.4 Å². The van der Waals surface area contributed by atoms with Crippen LogP contribution >= 0.6 is 0 Å². The van der Waals surface area contributed by atoms with Gasteiger partial charge in [-0.3, -0.25) is 4.79 Å². The van der Waals surface area contributed by atoms with Gasteiger partial charge in [0.05, 0.1) is 6.61 Å². The highest BCUT2D eigenvalue weighted by atomic mass is 16.5. The fourth-order valence-electron chi connectivity index (χ4n) is 2.66. The number of carbonyl (C=O) groups is 2. The van der Waals surface area contributed by atoms with Gasteiger partial charge in [-0.05, 0) is 58.4 Å². The first-order valence-electron chi connectivity index (χ1n) is 11.9. The highest BCUT2D eigenvalue weighted by Crippen LogP contribution is 2.11. The third-order valence-corrected chi connectivity index (χ3v) is 4.27. The van der Waals surface area contributed by atoms with Crippen molar-refractivity contribution in [2.24, 2.45) is 0 Å². The molecule has 0 spiro atoms. The van der Waals surface area contributed by atoms with E-state index in [0.29, 0.717) is 13.0 Å². The summed E-state index contributed by atoms with van der Waals surface area (Å²) in [5.41, 5.74) is 4.04. The number of rotatable bonds is 12. The summed E-state index contributed by atoms with van der Waals surface area (Å²) < 4.78 is 5.30. The lowest BCUT2D eigenvalue weighted by atomic mass is 10.0. The summed E-state index contributed by atoms with van der Waals surface area (Å²) in [4.78, 5) is 19.7. The van der Waals surface area contributed by atoms with Gasteiger partial charge in [0, 0.05) is 6.42 Å². The van der Waals surface area contributed by atoms with Gasteiger partial charge >= 0.3 is 5.97 Å². The molecular weight excluding hydrogens is 384 g/mol. The molecule has 0 heterocycles. The molecule has 0 aliphatic rings. The van der Waals surface area contributed by atoms with Crippen LogP contribution in [-0.2, 0) is 20.7 Å². The fraction of sp³-hybridized carbons (Fsp3) is 0.571. The van der Waals surface area contributed by atoms with Gasteiger partial charge in [-0.15, -0.1) is 0 Å². The van der Waals surface area contributed by atoms with Crippen LogP contribution in [0.15, 0.2) is 48.1 Å². The SMILES string of the molecule is C/C=C\C=C(\C)CCCOC(=O)CCCCCCc1ccc(C)cc1.C=O.CC.CC. The molecule has 0 amide bonds. The van der Waals surface area contributed by atoms with Crippen molar-refractivity contribution in [2.45, 2.75) is 99.8 Å². The molecule has 1 aromatic carbocycles. The van der Waals surface area contributed by atoms with Gasteiger partial charge in [-0.2, -0.15) is 0 Å². The molecule has 0 bridgehead atoms. The second-order valence-corrected chi connectivity index (χ2v) is 6.76. The molecular formula is C28H48O3. The Balaban J connectivity index is -0.00000120. The van der Waals surface area contributed by atoms with Crippen molar-refractivity contribution >= 4 is 12.8 Å². The second-order valence-electron chi connectivity index (χ2n) is 6.76. The summed E-state index contributed by atoms with van der Waals surface area (Å²) in [7, 11) is 0. The van der Waals surface area contributed by atoms with Crippen LogP contribution in [0.25, 0.3) is 0 Å². The molecule has 0 atom stereocenters. The molecule has 3 nitrogen and oxygen atoms in total. The number of allylic oxidation sites excluding steroid dienone is 4. The van der Waals surface area contributed by atoms with E-state index in [-0.39, 0.29) is 5.97 Å². The first kappa shape index (κ1) is 33.5. The van der Waals surface area contributed by atoms with Gasteiger partial charge in [-0.25, -0.2) is 0 Å². The summed E-state index contributed by atoms with van der Waals surface area (Å²) in [6, 6.07) is 8.76. The van der Waals surface area contributed by atoms with Gasteiger partial charge in [0.25, 0.3) is 0 Å². The number of hydrogen-bond acceptors (Lipinski definition) is 3. The zero-order valence-corrected chi connectivity index (χ0v) is 21.3. The lowest BCUT2D eigenvalue weighted by Crippen LogP contribution is -2.05. The van der Waals surface area contributed by atoms with E-state index in [9.17, 15) is 4.79 Å². The summed E-state index contributed by atoms with van der Waals surface area (Å²) in [6.45, 7) is 16.8. The van der Waals surface area contributed by atoms with E-state index in [2.05, 4.69) is 44.2 Å². The van der Waals surface area contributed by atoms with Gasteiger partial charge in [-0.1, -0.05) is 94.2 Å². The Bertz CT molecular complexity index is 556. The molecule has 3 heteroatoms. The molecule has 0 aromatic heterocycles. The zero-order valence-electron chi connectivity index (χ0n) is 21.3. The Morgan fingerprint density at radius 1 is 0.903 bits per heavy atom. The summed E-state index contributed by atoms with van der Waals surface area (Å²) in [5, 5.41) is 0. The quantitative estimate of drug-likeness (QED) is 0.190. The number of carbonyl (C=O) groups excluding carboxylic acids is 2. The van der Waals surface area contributed by atoms with Crippen molar-refractivity contribution in [3.05, 3.63) is 59.2 Å². The van der Waals surface area contributed by atoms with Crippen molar-refractivity contribution in [1.29, 1.82) is 0 Å². The molecule has 0 aliphatic heterocycles. The molecule has 0 fully saturated rings. The smallest absolute Gasteiger partial charge is 0.305 e. The van der Waals surface area contributed by atoms with Crippen LogP contribution in [0.4, 0.5) is 0 Å². The molecule has 0 saturated heterocycles. The maximum absolute atomic E-state index is 11.7. The number of hydrogen-bond donors (Lipinski definition) is 0. The predicted molar refractivity (Wildman–Crippen MR) is 137 cm³/mol. The highest BCUT2D eigenvalue weighted by Gasteiger charge is 2.02. The summed E-state index contributed by atoms with van der Waals surface area (Å²) in [6.07, 6.45) is 14.1. The third-order valence-electron chi connectivity index (χ3n) is 4.27. The minimum absolute atomic E-state index is 0.0476. The molecule has 1 rings (SSSR count). The maximum atomic E-state index is 11.7. The van der Waals surface area contributed by atoms with Crippen LogP contribution in [0, 0.1) is 6.92 Å². The van der Waals surface area contributed by atoms with Crippen molar-refractivity contribution in [3.63, 3.8) is 0 Å². The van der Waals surface area contributed by atoms with Crippen LogP contribution in [-0.4, -0.2) is 19.4 Å². The van der Waals surface area contributed by atoms with Crippen LogP contribution in [0.2, 0.25) is 0 Å². The third kappa shape index (κ3) is 24.0. The van der Waals surface area contributed by atoms with Gasteiger partial charge < -0.3 is 9.53 Å². The normalized spacial score (nSPS) is 10.1. The molecule has 0 unspecified atom stereocenters. The van der Waals surface area contributed by atoms with E-state index in [1.165, 1.54) is 29.5 Å². The van der Waals surface area contributed by atoms with Gasteiger partial charge in [0.2, 0.25) is 0 Å². The number of aryl methyl sites for hydroxylation is 2. The van der Waals surface area contributed by atoms with Crippen LogP contribution in [0.3, 0.4) is 0 Å². The first-order valence-corrected chi connectivity index (χ1v) is 11.9. The Kier molecular flexibility index (Phi) is 30.1. The van der Waals surface area contributed by atoms with Crippen molar-refractivity contribution in [2.75, 3.05) is 6.61 Å². The molecule has 31 heavy (non-hydrogen) atoms. The summed E-state index contributed by atoms with van der Waals surface area (Å²) in [5.74, 6) is -0.0476. The van der Waals surface area contributed by atoms with Crippen molar-refractivity contribution in [3.8, 4) is 0 Å². The highest BCUT2D eigenvalue weighted by molar-refractivity contribution is 5.69. The van der Waals surface area contributed by atoms with E-state index in [1.807, 2.05) is 53.6 Å². The van der Waals surface area contributed by atoms with Gasteiger partial charge in [0.15, 0.2) is 0 Å². The minimum atomic E-state index is -0.0476. The second kappa shape index (κ2) is 27.8. The Morgan fingerprint density at radius 3 is 2.06 bits per heavy atom. The number of ether oxygens (including phenoxy) is 1. The molecule has 178 valence electrons. The summed E-state index contributed by atoms with van der Waals surface area (Å²) >= 11 is 0. The number of esters is 1. The monoisotopic (exact) mass is 432 g/mol.